The van der Waals surface area contributed by atoms with Crippen LogP contribution in [-0.2, 0) is 6.18 Å². The van der Waals surface area contributed by atoms with Crippen LogP contribution in [-0.4, -0.2) is 47.6 Å². The first kappa shape index (κ1) is 21.1. The van der Waals surface area contributed by atoms with Crippen molar-refractivity contribution in [1.29, 1.82) is 5.41 Å². The van der Waals surface area contributed by atoms with Crippen LogP contribution < -0.4 is 16.0 Å². The van der Waals surface area contributed by atoms with Gasteiger partial charge in [-0.15, -0.1) is 0 Å². The van der Waals surface area contributed by atoms with Crippen molar-refractivity contribution in [3.63, 3.8) is 0 Å². The van der Waals surface area contributed by atoms with Gasteiger partial charge in [0.2, 0.25) is 12.5 Å². The van der Waals surface area contributed by atoms with Gasteiger partial charge in [-0.3, -0.25) is 0 Å². The summed E-state index contributed by atoms with van der Waals surface area (Å²) in [5.41, 5.74) is 0.548. The van der Waals surface area contributed by atoms with Crippen LogP contribution in [0.15, 0.2) is 24.4 Å². The minimum atomic E-state index is -4.57. The van der Waals surface area contributed by atoms with Gasteiger partial charge in [0.15, 0.2) is 7.05 Å². The summed E-state index contributed by atoms with van der Waals surface area (Å²) in [7, 11) is 1.40. The van der Waals surface area contributed by atoms with Crippen molar-refractivity contribution in [3.8, 4) is 0 Å². The van der Waals surface area contributed by atoms with Crippen LogP contribution in [0.2, 0.25) is 0 Å². The van der Waals surface area contributed by atoms with Gasteiger partial charge in [0, 0.05) is 35.1 Å². The van der Waals surface area contributed by atoms with E-state index in [1.807, 2.05) is 0 Å². The Morgan fingerprint density at radius 2 is 1.96 bits per heavy atom. The molecule has 0 radical (unpaired) electrons. The Labute approximate surface area is 159 Å². The number of nitroso groups, excluding NO2 is 1. The van der Waals surface area contributed by atoms with Crippen LogP contribution >= 0.6 is 0 Å². The van der Waals surface area contributed by atoms with Crippen molar-refractivity contribution in [2.75, 3.05) is 42.6 Å². The molecule has 150 valence electrons. The highest BCUT2D eigenvalue weighted by atomic mass is 19.4. The van der Waals surface area contributed by atoms with Gasteiger partial charge >= 0.3 is 6.18 Å². The lowest BCUT2D eigenvalue weighted by atomic mass is 10.1. The Kier molecular flexibility index (Phi) is 6.85. The van der Waals surface area contributed by atoms with E-state index in [9.17, 15) is 18.1 Å². The molecule has 0 bridgehead atoms. The minimum absolute atomic E-state index is 0.0384. The smallest absolute Gasteiger partial charge is 0.378 e. The highest BCUT2D eigenvalue weighted by Gasteiger charge is 2.35. The highest BCUT2D eigenvalue weighted by molar-refractivity contribution is 5.94. The minimum Gasteiger partial charge on any atom is -0.378 e. The van der Waals surface area contributed by atoms with Crippen molar-refractivity contribution in [2.24, 2.45) is 0 Å². The normalized spacial score (nSPS) is 11.0. The summed E-state index contributed by atoms with van der Waals surface area (Å²) in [6.45, 7) is 2.55. The molecule has 2 aromatic rings. The maximum Gasteiger partial charge on any atom is 0.421 e. The first-order valence-electron chi connectivity index (χ1n) is 8.47. The van der Waals surface area contributed by atoms with Crippen LogP contribution in [0.25, 0.3) is 0 Å². The molecule has 0 amide bonds. The van der Waals surface area contributed by atoms with E-state index in [0.29, 0.717) is 29.7 Å². The number of hydrogen-bond donors (Lipinski definition) is 4. The van der Waals surface area contributed by atoms with Crippen molar-refractivity contribution >= 4 is 29.4 Å². The summed E-state index contributed by atoms with van der Waals surface area (Å²) in [5, 5.41) is 16.1. The van der Waals surface area contributed by atoms with Gasteiger partial charge in [-0.1, -0.05) is 6.07 Å². The number of nitrogens with zero attached hydrogens (tertiary/aromatic N) is 3. The maximum absolute atomic E-state index is 13.1. The number of aromatic nitrogens is 2. The molecular formula is C17H21F3N7O+. The monoisotopic (exact) mass is 396 g/mol. The number of halogens is 3. The van der Waals surface area contributed by atoms with Gasteiger partial charge in [-0.2, -0.15) is 18.2 Å². The first-order chi connectivity index (χ1) is 13.3. The zero-order chi connectivity index (χ0) is 20.7. The molecule has 0 aliphatic carbocycles. The lowest BCUT2D eigenvalue weighted by molar-refractivity contribution is -0.515. The Morgan fingerprint density at radius 1 is 1.25 bits per heavy atom. The highest BCUT2D eigenvalue weighted by Crippen LogP contribution is 2.34. The number of rotatable bonds is 9. The second-order valence-electron chi connectivity index (χ2n) is 5.80. The number of anilines is 4. The fourth-order valence-electron chi connectivity index (χ4n) is 2.40. The third kappa shape index (κ3) is 5.38. The van der Waals surface area contributed by atoms with E-state index in [-0.39, 0.29) is 24.9 Å². The van der Waals surface area contributed by atoms with Crippen LogP contribution in [0.1, 0.15) is 18.1 Å². The number of hydrogen-bond acceptors (Lipinski definition) is 7. The first-order valence-corrected chi connectivity index (χ1v) is 8.47. The molecule has 0 unspecified atom stereocenters. The van der Waals surface area contributed by atoms with Gasteiger partial charge in [-0.05, 0) is 23.8 Å². The summed E-state index contributed by atoms with van der Waals surface area (Å²) in [6.07, 6.45) is -2.76. The lowest BCUT2D eigenvalue weighted by Crippen LogP contribution is -2.16. The molecule has 0 aliphatic heterocycles. The third-order valence-corrected chi connectivity index (χ3v) is 3.68. The van der Waals surface area contributed by atoms with Crippen molar-refractivity contribution in [2.45, 2.75) is 13.1 Å². The average molecular weight is 396 g/mol. The van der Waals surface area contributed by atoms with Gasteiger partial charge < -0.3 is 21.4 Å². The summed E-state index contributed by atoms with van der Waals surface area (Å²) in [5.74, 6) is -0.361. The summed E-state index contributed by atoms with van der Waals surface area (Å²) in [6, 6.07) is 5.08. The topological polar surface area (TPSA) is 106 Å². The zero-order valence-electron chi connectivity index (χ0n) is 15.4. The largest absolute Gasteiger partial charge is 0.421 e. The van der Waals surface area contributed by atoms with E-state index in [4.69, 9.17) is 5.41 Å². The Hall–Kier alpha value is -3.24. The van der Waals surface area contributed by atoms with Crippen molar-refractivity contribution < 1.29 is 17.9 Å². The molecule has 0 saturated heterocycles. The van der Waals surface area contributed by atoms with Crippen LogP contribution in [0.4, 0.5) is 36.3 Å². The van der Waals surface area contributed by atoms with Crippen molar-refractivity contribution in [1.82, 2.24) is 9.97 Å². The quantitative estimate of drug-likeness (QED) is 0.382. The molecule has 8 nitrogen and oxygen atoms in total. The summed E-state index contributed by atoms with van der Waals surface area (Å²) < 4.78 is 40.0. The predicted octanol–water partition coefficient (Wildman–Crippen LogP) is 3.49. The standard InChI is InChI=1S/C17H21F3N7O/c1-3-22-15-12(17(18,19)20)10-24-16(26-15)25-14-6-4-5-13(11(14)9-21)23-7-8-27(2)28/h4-6,9-10,21,23H,3,7-8H2,1-2H3,(H2,22,24,25,26)/q+1. The van der Waals surface area contributed by atoms with Crippen LogP contribution in [0.3, 0.4) is 0 Å². The van der Waals surface area contributed by atoms with E-state index < -0.39 is 11.7 Å². The molecule has 28 heavy (non-hydrogen) atoms. The molecule has 0 aliphatic rings. The second-order valence-corrected chi connectivity index (χ2v) is 5.80. The van der Waals surface area contributed by atoms with Gasteiger partial charge in [0.25, 0.3) is 0 Å². The predicted molar refractivity (Wildman–Crippen MR) is 102 cm³/mol. The molecule has 11 heteroatoms. The SMILES string of the molecule is CCNc1nc(Nc2cccc(NCC[N+](C)=O)c2C=N)ncc1C(F)(F)F. The molecule has 2 rings (SSSR count). The lowest BCUT2D eigenvalue weighted by Gasteiger charge is -2.16. The molecule has 1 heterocycles. The van der Waals surface area contributed by atoms with Gasteiger partial charge in [0.05, 0.1) is 12.2 Å². The zero-order valence-corrected chi connectivity index (χ0v) is 15.4. The number of nitrogens with one attached hydrogen (secondary N) is 4. The summed E-state index contributed by atoms with van der Waals surface area (Å²) in [4.78, 5) is 18.7. The molecule has 1 aromatic carbocycles. The molecule has 4 N–H and O–H groups in total. The van der Waals surface area contributed by atoms with E-state index in [0.717, 1.165) is 11.0 Å². The van der Waals surface area contributed by atoms with E-state index in [1.165, 1.54) is 7.05 Å². The Morgan fingerprint density at radius 3 is 2.57 bits per heavy atom. The maximum atomic E-state index is 13.1. The number of likely N-dealkylation sites (N-methyl/N-ethyl adjacent to an activating group) is 1. The van der Waals surface area contributed by atoms with E-state index >= 15 is 0 Å². The third-order valence-electron chi connectivity index (χ3n) is 3.68. The molecule has 0 atom stereocenters. The van der Waals surface area contributed by atoms with E-state index in [2.05, 4.69) is 25.9 Å². The van der Waals surface area contributed by atoms with Crippen LogP contribution in [0.5, 0.6) is 0 Å². The van der Waals surface area contributed by atoms with Crippen LogP contribution in [0, 0.1) is 10.3 Å². The summed E-state index contributed by atoms with van der Waals surface area (Å²) >= 11 is 0. The second kappa shape index (κ2) is 9.11. The van der Waals surface area contributed by atoms with E-state index in [1.54, 1.807) is 25.1 Å². The molecule has 0 saturated carbocycles. The van der Waals surface area contributed by atoms with Crippen molar-refractivity contribution in [3.05, 3.63) is 40.4 Å². The number of benzene rings is 1. The van der Waals surface area contributed by atoms with Gasteiger partial charge in [-0.25, -0.2) is 4.98 Å². The molecule has 1 aromatic heterocycles. The fourth-order valence-corrected chi connectivity index (χ4v) is 2.40. The molecular weight excluding hydrogens is 375 g/mol. The number of alkyl halides is 3. The Bertz CT molecular complexity index is 855. The fraction of sp³-hybridized carbons (Fsp3) is 0.353. The molecule has 0 spiro atoms. The molecule has 0 fully saturated rings. The average Bonchev–Trinajstić information content (AvgIpc) is 2.61. The van der Waals surface area contributed by atoms with Gasteiger partial charge in [0.1, 0.15) is 11.4 Å². The Balaban J connectivity index is 2.30.